The van der Waals surface area contributed by atoms with Crippen molar-refractivity contribution in [1.29, 1.82) is 0 Å². The van der Waals surface area contributed by atoms with Crippen molar-refractivity contribution < 1.29 is 4.79 Å². The van der Waals surface area contributed by atoms with Gasteiger partial charge in [-0.1, -0.05) is 18.2 Å². The topological polar surface area (TPSA) is 66.8 Å². The molecule has 130 valence electrons. The third-order valence-corrected chi connectivity index (χ3v) is 4.98. The molecule has 1 N–H and O–H groups in total. The number of piperidine rings is 1. The fourth-order valence-electron chi connectivity index (χ4n) is 3.70. The summed E-state index contributed by atoms with van der Waals surface area (Å²) in [5.41, 5.74) is 2.96. The fraction of sp³-hybridized carbons (Fsp3) is 0.421. The molecule has 1 saturated heterocycles. The molecule has 1 amide bonds. The number of hydrogen-bond acceptors (Lipinski definition) is 3. The summed E-state index contributed by atoms with van der Waals surface area (Å²) in [6, 6.07) is 8.14. The van der Waals surface area contributed by atoms with Gasteiger partial charge in [-0.3, -0.25) is 14.6 Å². The molecule has 0 radical (unpaired) electrons. The van der Waals surface area contributed by atoms with Gasteiger partial charge in [0.2, 0.25) is 5.91 Å². The van der Waals surface area contributed by atoms with Crippen LogP contribution in [-0.4, -0.2) is 43.4 Å². The van der Waals surface area contributed by atoms with E-state index < -0.39 is 0 Å². The van der Waals surface area contributed by atoms with E-state index in [4.69, 9.17) is 0 Å². The first-order valence-electron chi connectivity index (χ1n) is 8.91. The molecule has 0 spiro atoms. The Morgan fingerprint density at radius 2 is 2.20 bits per heavy atom. The van der Waals surface area contributed by atoms with Gasteiger partial charge in [0.25, 0.3) is 0 Å². The number of aromatic amines is 1. The summed E-state index contributed by atoms with van der Waals surface area (Å²) < 4.78 is 1.96. The zero-order chi connectivity index (χ0) is 17.2. The van der Waals surface area contributed by atoms with Gasteiger partial charge >= 0.3 is 0 Å². The van der Waals surface area contributed by atoms with Gasteiger partial charge in [-0.15, -0.1) is 0 Å². The first-order chi connectivity index (χ1) is 12.2. The van der Waals surface area contributed by atoms with E-state index in [9.17, 15) is 4.79 Å². The lowest BCUT2D eigenvalue weighted by molar-refractivity contribution is -0.134. The minimum absolute atomic E-state index is 0.169. The molecule has 1 aromatic carbocycles. The molecule has 0 aliphatic carbocycles. The number of para-hydroxylation sites is 1. The van der Waals surface area contributed by atoms with Gasteiger partial charge in [0, 0.05) is 18.1 Å². The highest BCUT2D eigenvalue weighted by Gasteiger charge is 2.27. The van der Waals surface area contributed by atoms with Crippen molar-refractivity contribution in [2.75, 3.05) is 6.54 Å². The molecule has 1 fully saturated rings. The Labute approximate surface area is 146 Å². The van der Waals surface area contributed by atoms with Crippen LogP contribution in [0.15, 0.2) is 36.7 Å². The summed E-state index contributed by atoms with van der Waals surface area (Å²) in [7, 11) is 0. The molecule has 6 heteroatoms. The Hall–Kier alpha value is -2.63. The standard InChI is InChI=1S/C19H23N5O/c1-14-11-20-23(12-14)13-15-6-4-5-9-24(15)19(25)10-18-16-7-2-3-8-17(16)21-22-18/h2-3,7-8,11-12,15H,4-6,9-10,13H2,1H3,(H,21,22)/t15-/m0/s1. The van der Waals surface area contributed by atoms with Crippen LogP contribution in [0.25, 0.3) is 10.9 Å². The van der Waals surface area contributed by atoms with Gasteiger partial charge < -0.3 is 4.90 Å². The normalized spacial score (nSPS) is 18.0. The summed E-state index contributed by atoms with van der Waals surface area (Å²) in [6.07, 6.45) is 7.56. The third kappa shape index (κ3) is 3.29. The molecule has 0 saturated carbocycles. The summed E-state index contributed by atoms with van der Waals surface area (Å²) in [5.74, 6) is 0.169. The zero-order valence-electron chi connectivity index (χ0n) is 14.5. The van der Waals surface area contributed by atoms with E-state index in [-0.39, 0.29) is 11.9 Å². The SMILES string of the molecule is Cc1cnn(C[C@@H]2CCCCN2C(=O)Cc2[nH]nc3ccccc23)c1. The molecule has 25 heavy (non-hydrogen) atoms. The van der Waals surface area contributed by atoms with Gasteiger partial charge in [-0.2, -0.15) is 10.2 Å². The Balaban J connectivity index is 1.50. The highest BCUT2D eigenvalue weighted by Crippen LogP contribution is 2.21. The number of amides is 1. The maximum absolute atomic E-state index is 13.0. The number of carbonyl (C=O) groups excluding carboxylic acids is 1. The molecule has 1 aliphatic rings. The lowest BCUT2D eigenvalue weighted by Gasteiger charge is -2.35. The van der Waals surface area contributed by atoms with Crippen LogP contribution in [0.1, 0.15) is 30.5 Å². The Bertz CT molecular complexity index is 881. The van der Waals surface area contributed by atoms with Crippen LogP contribution in [0, 0.1) is 6.92 Å². The monoisotopic (exact) mass is 337 g/mol. The number of likely N-dealkylation sites (tertiary alicyclic amines) is 1. The number of H-pyrrole nitrogens is 1. The highest BCUT2D eigenvalue weighted by molar-refractivity contribution is 5.87. The van der Waals surface area contributed by atoms with E-state index in [0.29, 0.717) is 6.42 Å². The van der Waals surface area contributed by atoms with Gasteiger partial charge in [-0.25, -0.2) is 0 Å². The van der Waals surface area contributed by atoms with Gasteiger partial charge in [-0.05, 0) is 37.8 Å². The molecule has 1 atom stereocenters. The number of aryl methyl sites for hydroxylation is 1. The Morgan fingerprint density at radius 3 is 3.04 bits per heavy atom. The van der Waals surface area contributed by atoms with Crippen LogP contribution in [0.5, 0.6) is 0 Å². The maximum Gasteiger partial charge on any atom is 0.228 e. The molecule has 3 heterocycles. The molecule has 4 rings (SSSR count). The van der Waals surface area contributed by atoms with Crippen molar-refractivity contribution in [3.05, 3.63) is 47.9 Å². The highest BCUT2D eigenvalue weighted by atomic mass is 16.2. The minimum atomic E-state index is 0.169. The van der Waals surface area contributed by atoms with Crippen LogP contribution in [0.3, 0.4) is 0 Å². The maximum atomic E-state index is 13.0. The molecule has 1 aliphatic heterocycles. The number of rotatable bonds is 4. The van der Waals surface area contributed by atoms with Crippen molar-refractivity contribution in [3.63, 3.8) is 0 Å². The molecule has 6 nitrogen and oxygen atoms in total. The van der Waals surface area contributed by atoms with Gasteiger partial charge in [0.05, 0.1) is 36.4 Å². The van der Waals surface area contributed by atoms with E-state index in [1.807, 2.05) is 53.2 Å². The van der Waals surface area contributed by atoms with Crippen LogP contribution >= 0.6 is 0 Å². The molecular formula is C19H23N5O. The average Bonchev–Trinajstić information content (AvgIpc) is 3.22. The van der Waals surface area contributed by atoms with Crippen LogP contribution in [0.4, 0.5) is 0 Å². The van der Waals surface area contributed by atoms with E-state index in [1.54, 1.807) is 0 Å². The minimum Gasteiger partial charge on any atom is -0.338 e. The second-order valence-electron chi connectivity index (χ2n) is 6.87. The second-order valence-corrected chi connectivity index (χ2v) is 6.87. The number of aromatic nitrogens is 4. The first-order valence-corrected chi connectivity index (χ1v) is 8.91. The summed E-state index contributed by atoms with van der Waals surface area (Å²) in [6.45, 7) is 3.63. The van der Waals surface area contributed by atoms with Crippen molar-refractivity contribution in [3.8, 4) is 0 Å². The summed E-state index contributed by atoms with van der Waals surface area (Å²) in [5, 5.41) is 12.8. The van der Waals surface area contributed by atoms with Crippen LogP contribution in [0.2, 0.25) is 0 Å². The van der Waals surface area contributed by atoms with E-state index in [2.05, 4.69) is 15.3 Å². The van der Waals surface area contributed by atoms with Gasteiger partial charge in [0.1, 0.15) is 0 Å². The number of hydrogen-bond donors (Lipinski definition) is 1. The van der Waals surface area contributed by atoms with Gasteiger partial charge in [0.15, 0.2) is 0 Å². The Morgan fingerprint density at radius 1 is 1.32 bits per heavy atom. The molecule has 3 aromatic rings. The van der Waals surface area contributed by atoms with E-state index in [1.165, 1.54) is 6.42 Å². The smallest absolute Gasteiger partial charge is 0.228 e. The fourth-order valence-corrected chi connectivity index (χ4v) is 3.70. The Kier molecular flexibility index (Phi) is 4.26. The van der Waals surface area contributed by atoms with Crippen molar-refractivity contribution >= 4 is 16.8 Å². The second kappa shape index (κ2) is 6.70. The quantitative estimate of drug-likeness (QED) is 0.796. The molecular weight excluding hydrogens is 314 g/mol. The van der Waals surface area contributed by atoms with E-state index >= 15 is 0 Å². The third-order valence-electron chi connectivity index (χ3n) is 4.98. The number of nitrogens with one attached hydrogen (secondary N) is 1. The first kappa shape index (κ1) is 15.9. The van der Waals surface area contributed by atoms with Crippen LogP contribution in [-0.2, 0) is 17.8 Å². The predicted molar refractivity (Wildman–Crippen MR) is 96.1 cm³/mol. The summed E-state index contributed by atoms with van der Waals surface area (Å²) in [4.78, 5) is 15.0. The van der Waals surface area contributed by atoms with Crippen molar-refractivity contribution in [2.24, 2.45) is 0 Å². The van der Waals surface area contributed by atoms with Crippen LogP contribution < -0.4 is 0 Å². The predicted octanol–water partition coefficient (Wildman–Crippen LogP) is 2.69. The zero-order valence-corrected chi connectivity index (χ0v) is 14.5. The lowest BCUT2D eigenvalue weighted by Crippen LogP contribution is -2.46. The lowest BCUT2D eigenvalue weighted by atomic mass is 10.0. The number of fused-ring (bicyclic) bond motifs is 1. The number of benzene rings is 1. The average molecular weight is 337 g/mol. The molecule has 2 aromatic heterocycles. The molecule has 0 bridgehead atoms. The number of nitrogens with zero attached hydrogens (tertiary/aromatic N) is 4. The van der Waals surface area contributed by atoms with E-state index in [0.717, 1.165) is 48.1 Å². The molecule has 0 unspecified atom stereocenters. The van der Waals surface area contributed by atoms with Crippen molar-refractivity contribution in [1.82, 2.24) is 24.9 Å². The number of carbonyl (C=O) groups is 1. The van der Waals surface area contributed by atoms with Crippen molar-refractivity contribution in [2.45, 2.75) is 45.2 Å². The summed E-state index contributed by atoms with van der Waals surface area (Å²) >= 11 is 0. The largest absolute Gasteiger partial charge is 0.338 e.